The molecule has 1 aromatic carbocycles. The number of para-hydroxylation sites is 1. The first-order valence-electron chi connectivity index (χ1n) is 4.52. The van der Waals surface area contributed by atoms with Crippen molar-refractivity contribution in [3.63, 3.8) is 0 Å². The van der Waals surface area contributed by atoms with Crippen LogP contribution in [0.3, 0.4) is 0 Å². The molecule has 72 valence electrons. The Morgan fingerprint density at radius 3 is 3.00 bits per heavy atom. The van der Waals surface area contributed by atoms with Gasteiger partial charge >= 0.3 is 5.82 Å². The highest BCUT2D eigenvalue weighted by atomic mass is 15.2. The van der Waals surface area contributed by atoms with Gasteiger partial charge in [0.25, 0.3) is 0 Å². The lowest BCUT2D eigenvalue weighted by atomic mass is 10.2. The molecule has 4 heteroatoms. The van der Waals surface area contributed by atoms with Crippen LogP contribution in [0.25, 0.3) is 10.9 Å². The molecule has 4 nitrogen and oxygen atoms in total. The molecule has 0 aliphatic carbocycles. The smallest absolute Gasteiger partial charge is 0.271 e. The molecular formula is C10H13N4+. The third kappa shape index (κ3) is 1.57. The average molecular weight is 189 g/mol. The normalized spacial score (nSPS) is 10.7. The number of fused-ring (bicyclic) bond motifs is 1. The molecule has 0 fully saturated rings. The van der Waals surface area contributed by atoms with Crippen LogP contribution in [0.2, 0.25) is 0 Å². The molecule has 0 spiro atoms. The monoisotopic (exact) mass is 189 g/mol. The number of aromatic amines is 1. The first-order valence-corrected chi connectivity index (χ1v) is 4.52. The van der Waals surface area contributed by atoms with E-state index in [0.717, 1.165) is 22.4 Å². The lowest BCUT2D eigenvalue weighted by molar-refractivity contribution is -0.364. The summed E-state index contributed by atoms with van der Waals surface area (Å²) < 4.78 is 0. The third-order valence-electron chi connectivity index (χ3n) is 2.17. The van der Waals surface area contributed by atoms with Gasteiger partial charge in [0.2, 0.25) is 0 Å². The van der Waals surface area contributed by atoms with E-state index in [1.54, 1.807) is 0 Å². The molecule has 14 heavy (non-hydrogen) atoms. The van der Waals surface area contributed by atoms with E-state index >= 15 is 0 Å². The van der Waals surface area contributed by atoms with Gasteiger partial charge in [-0.1, -0.05) is 12.1 Å². The van der Waals surface area contributed by atoms with E-state index in [1.807, 2.05) is 31.2 Å². The van der Waals surface area contributed by atoms with Crippen LogP contribution in [0.5, 0.6) is 0 Å². The molecule has 4 N–H and O–H groups in total. The largest absolute Gasteiger partial charge is 0.312 e. The maximum absolute atomic E-state index is 5.24. The second-order valence-electron chi connectivity index (χ2n) is 3.20. The van der Waals surface area contributed by atoms with Crippen molar-refractivity contribution in [2.24, 2.45) is 5.84 Å². The number of H-pyrrole nitrogens is 1. The van der Waals surface area contributed by atoms with Crippen LogP contribution >= 0.6 is 0 Å². The lowest BCUT2D eigenvalue weighted by Gasteiger charge is -1.97. The Balaban J connectivity index is 2.60. The maximum Gasteiger partial charge on any atom is 0.312 e. The number of hydrogen-bond donors (Lipinski definition) is 2. The van der Waals surface area contributed by atoms with Crippen molar-refractivity contribution in [2.45, 2.75) is 13.5 Å². The molecule has 0 radical (unpaired) electrons. The van der Waals surface area contributed by atoms with E-state index in [-0.39, 0.29) is 0 Å². The van der Waals surface area contributed by atoms with Gasteiger partial charge in [-0.05, 0) is 17.1 Å². The molecular weight excluding hydrogens is 176 g/mol. The molecule has 1 heterocycles. The van der Waals surface area contributed by atoms with Crippen LogP contribution in [0.15, 0.2) is 24.3 Å². The first kappa shape index (κ1) is 9.05. The molecule has 0 bridgehead atoms. The van der Waals surface area contributed by atoms with Crippen LogP contribution in [0.1, 0.15) is 11.5 Å². The van der Waals surface area contributed by atoms with Gasteiger partial charge in [-0.2, -0.15) is 0 Å². The zero-order chi connectivity index (χ0) is 9.97. The number of nitrogens with two attached hydrogens (primary N) is 1. The Labute approximate surface area is 82.1 Å². The molecule has 0 saturated heterocycles. The predicted molar refractivity (Wildman–Crippen MR) is 54.1 cm³/mol. The Morgan fingerprint density at radius 1 is 1.43 bits per heavy atom. The van der Waals surface area contributed by atoms with Crippen LogP contribution in [0, 0.1) is 6.92 Å². The minimum Gasteiger partial charge on any atom is -0.271 e. The molecule has 2 rings (SSSR count). The lowest BCUT2D eigenvalue weighted by Crippen LogP contribution is -2.27. The summed E-state index contributed by atoms with van der Waals surface area (Å²) in [5.41, 5.74) is 4.69. The van der Waals surface area contributed by atoms with Crippen molar-refractivity contribution in [1.82, 2.24) is 10.4 Å². The van der Waals surface area contributed by atoms with Crippen LogP contribution < -0.4 is 16.3 Å². The Morgan fingerprint density at radius 2 is 2.21 bits per heavy atom. The highest BCUT2D eigenvalue weighted by molar-refractivity contribution is 5.77. The molecule has 0 aliphatic rings. The average Bonchev–Trinajstić information content (AvgIpc) is 2.18. The molecule has 0 atom stereocenters. The highest BCUT2D eigenvalue weighted by Crippen LogP contribution is 2.11. The molecule has 1 aromatic heterocycles. The summed E-state index contributed by atoms with van der Waals surface area (Å²) in [6.45, 7) is 2.54. The zero-order valence-corrected chi connectivity index (χ0v) is 8.04. The van der Waals surface area contributed by atoms with Crippen LogP contribution in [0.4, 0.5) is 0 Å². The van der Waals surface area contributed by atoms with Gasteiger partial charge < -0.3 is 0 Å². The van der Waals surface area contributed by atoms with Crippen molar-refractivity contribution in [3.8, 4) is 0 Å². The van der Waals surface area contributed by atoms with Gasteiger partial charge in [-0.15, -0.1) is 0 Å². The maximum atomic E-state index is 5.24. The summed E-state index contributed by atoms with van der Waals surface area (Å²) in [6, 6.07) is 8.08. The Bertz CT molecular complexity index is 453. The summed E-state index contributed by atoms with van der Waals surface area (Å²) in [5.74, 6) is 6.10. The van der Waals surface area contributed by atoms with E-state index in [1.165, 1.54) is 0 Å². The number of aromatic nitrogens is 2. The SMILES string of the molecule is Cc1nc(CNN)[nH+]c2ccccc12. The fourth-order valence-corrected chi connectivity index (χ4v) is 1.53. The van der Waals surface area contributed by atoms with E-state index < -0.39 is 0 Å². The van der Waals surface area contributed by atoms with Gasteiger partial charge in [-0.25, -0.2) is 10.4 Å². The molecule has 0 amide bonds. The van der Waals surface area contributed by atoms with Crippen LogP contribution in [-0.4, -0.2) is 4.98 Å². The fourth-order valence-electron chi connectivity index (χ4n) is 1.53. The number of benzene rings is 1. The third-order valence-corrected chi connectivity index (χ3v) is 2.17. The summed E-state index contributed by atoms with van der Waals surface area (Å²) in [4.78, 5) is 7.61. The summed E-state index contributed by atoms with van der Waals surface area (Å²) in [7, 11) is 0. The van der Waals surface area contributed by atoms with Gasteiger partial charge in [0.1, 0.15) is 12.1 Å². The Hall–Kier alpha value is -1.52. The topological polar surface area (TPSA) is 65.1 Å². The van der Waals surface area contributed by atoms with Crippen molar-refractivity contribution in [2.75, 3.05) is 0 Å². The van der Waals surface area contributed by atoms with Gasteiger partial charge in [-0.3, -0.25) is 5.84 Å². The van der Waals surface area contributed by atoms with E-state index in [2.05, 4.69) is 15.4 Å². The minimum atomic E-state index is 0.547. The van der Waals surface area contributed by atoms with Crippen LogP contribution in [-0.2, 0) is 6.54 Å². The van der Waals surface area contributed by atoms with E-state index in [0.29, 0.717) is 6.54 Å². The van der Waals surface area contributed by atoms with Gasteiger partial charge in [0.15, 0.2) is 5.69 Å². The van der Waals surface area contributed by atoms with Gasteiger partial charge in [0.05, 0.1) is 5.39 Å². The van der Waals surface area contributed by atoms with Crippen molar-refractivity contribution in [3.05, 3.63) is 35.8 Å². The Kier molecular flexibility index (Phi) is 2.39. The zero-order valence-electron chi connectivity index (χ0n) is 8.04. The van der Waals surface area contributed by atoms with E-state index in [4.69, 9.17) is 5.84 Å². The molecule has 0 saturated carbocycles. The predicted octanol–water partition coefficient (Wildman–Crippen LogP) is 0.321. The number of rotatable bonds is 2. The minimum absolute atomic E-state index is 0.547. The number of hydrazine groups is 1. The van der Waals surface area contributed by atoms with Crippen molar-refractivity contribution >= 4 is 10.9 Å². The molecule has 0 unspecified atom stereocenters. The number of hydrogen-bond acceptors (Lipinski definition) is 3. The summed E-state index contributed by atoms with van der Waals surface area (Å²) in [6.07, 6.45) is 0. The molecule has 0 aliphatic heterocycles. The number of aryl methyl sites for hydroxylation is 1. The summed E-state index contributed by atoms with van der Waals surface area (Å²) in [5, 5.41) is 1.15. The standard InChI is InChI=1S/C10H12N4/c1-7-8-4-2-3-5-9(8)14-10(13-7)6-12-11/h2-5,12H,6,11H2,1H3/p+1. The van der Waals surface area contributed by atoms with Gasteiger partial charge in [0, 0.05) is 6.92 Å². The fraction of sp³-hybridized carbons (Fsp3) is 0.200. The van der Waals surface area contributed by atoms with Crippen molar-refractivity contribution < 1.29 is 4.98 Å². The number of nitrogens with one attached hydrogen (secondary N) is 2. The van der Waals surface area contributed by atoms with Crippen molar-refractivity contribution in [1.29, 1.82) is 0 Å². The first-order chi connectivity index (χ1) is 6.81. The highest BCUT2D eigenvalue weighted by Gasteiger charge is 2.10. The quantitative estimate of drug-likeness (QED) is 0.528. The second-order valence-corrected chi connectivity index (χ2v) is 3.20. The van der Waals surface area contributed by atoms with E-state index in [9.17, 15) is 0 Å². The molecule has 2 aromatic rings. The second kappa shape index (κ2) is 3.69. The summed E-state index contributed by atoms with van der Waals surface area (Å²) >= 11 is 0. The number of nitrogens with zero attached hydrogens (tertiary/aromatic N) is 1.